The molecule has 0 amide bonds. The molecule has 3 N–H and O–H groups in total. The van der Waals surface area contributed by atoms with Crippen LogP contribution in [0.1, 0.15) is 33.6 Å². The van der Waals surface area contributed by atoms with Gasteiger partial charge in [-0.25, -0.2) is 0 Å². The molecule has 0 aliphatic rings. The lowest BCUT2D eigenvalue weighted by Gasteiger charge is -2.25. The van der Waals surface area contributed by atoms with E-state index in [1.807, 2.05) is 20.8 Å². The van der Waals surface area contributed by atoms with Crippen LogP contribution in [0.25, 0.3) is 0 Å². The Morgan fingerprint density at radius 3 is 2.23 bits per heavy atom. The standard InChI is InChI=1S/C8H19NO3S/c1-4-8(2,3)5-7(9)6-13(10,11)12/h7H,4-6,9H2,1-3H3,(H,10,11,12). The third-order valence-corrected chi connectivity index (χ3v) is 3.05. The summed E-state index contributed by atoms with van der Waals surface area (Å²) in [4.78, 5) is 0. The largest absolute Gasteiger partial charge is 0.327 e. The molecule has 0 fully saturated rings. The highest BCUT2D eigenvalue weighted by Crippen LogP contribution is 2.25. The van der Waals surface area contributed by atoms with Crippen LogP contribution in [0, 0.1) is 5.41 Å². The van der Waals surface area contributed by atoms with Gasteiger partial charge in [0.25, 0.3) is 10.1 Å². The van der Waals surface area contributed by atoms with Gasteiger partial charge in [0.2, 0.25) is 0 Å². The fraction of sp³-hybridized carbons (Fsp3) is 1.00. The second-order valence-electron chi connectivity index (χ2n) is 4.23. The average molecular weight is 209 g/mol. The maximum absolute atomic E-state index is 10.5. The van der Waals surface area contributed by atoms with Crippen molar-refractivity contribution in [3.8, 4) is 0 Å². The van der Waals surface area contributed by atoms with Crippen LogP contribution in [0.3, 0.4) is 0 Å². The summed E-state index contributed by atoms with van der Waals surface area (Å²) in [5.41, 5.74) is 5.61. The van der Waals surface area contributed by atoms with Crippen molar-refractivity contribution in [3.05, 3.63) is 0 Å². The summed E-state index contributed by atoms with van der Waals surface area (Å²) in [6, 6.07) is -0.482. The average Bonchev–Trinajstić information content (AvgIpc) is 1.81. The van der Waals surface area contributed by atoms with E-state index in [1.54, 1.807) is 0 Å². The molecule has 80 valence electrons. The molecule has 0 aliphatic heterocycles. The van der Waals surface area contributed by atoms with Crippen molar-refractivity contribution in [2.75, 3.05) is 5.75 Å². The lowest BCUT2D eigenvalue weighted by molar-refractivity contribution is 0.299. The predicted octanol–water partition coefficient (Wildman–Crippen LogP) is 1.03. The van der Waals surface area contributed by atoms with E-state index < -0.39 is 16.2 Å². The molecule has 0 aromatic heterocycles. The first-order valence-corrected chi connectivity index (χ1v) is 5.98. The quantitative estimate of drug-likeness (QED) is 0.663. The van der Waals surface area contributed by atoms with Gasteiger partial charge in [-0.1, -0.05) is 27.2 Å². The summed E-state index contributed by atoms with van der Waals surface area (Å²) in [5, 5.41) is 0. The Kier molecular flexibility index (Phi) is 4.35. The Labute approximate surface area is 80.3 Å². The summed E-state index contributed by atoms with van der Waals surface area (Å²) in [5.74, 6) is -0.351. The van der Waals surface area contributed by atoms with Gasteiger partial charge >= 0.3 is 0 Å². The zero-order chi connectivity index (χ0) is 10.7. The molecular formula is C8H19NO3S. The van der Waals surface area contributed by atoms with Gasteiger partial charge in [-0.2, -0.15) is 8.42 Å². The number of rotatable bonds is 5. The van der Waals surface area contributed by atoms with E-state index in [0.29, 0.717) is 6.42 Å². The zero-order valence-corrected chi connectivity index (χ0v) is 9.26. The molecular weight excluding hydrogens is 190 g/mol. The Bertz CT molecular complexity index is 246. The first-order valence-electron chi connectivity index (χ1n) is 4.37. The Morgan fingerprint density at radius 2 is 1.92 bits per heavy atom. The van der Waals surface area contributed by atoms with Crippen molar-refractivity contribution in [1.29, 1.82) is 0 Å². The van der Waals surface area contributed by atoms with Crippen LogP contribution in [-0.2, 0) is 10.1 Å². The summed E-state index contributed by atoms with van der Waals surface area (Å²) < 4.78 is 29.5. The zero-order valence-electron chi connectivity index (χ0n) is 8.45. The van der Waals surface area contributed by atoms with E-state index >= 15 is 0 Å². The van der Waals surface area contributed by atoms with E-state index in [4.69, 9.17) is 10.3 Å². The molecule has 4 nitrogen and oxygen atoms in total. The Morgan fingerprint density at radius 1 is 1.46 bits per heavy atom. The van der Waals surface area contributed by atoms with Crippen molar-refractivity contribution in [3.63, 3.8) is 0 Å². The van der Waals surface area contributed by atoms with E-state index in [1.165, 1.54) is 0 Å². The van der Waals surface area contributed by atoms with Crippen LogP contribution < -0.4 is 5.73 Å². The highest BCUT2D eigenvalue weighted by atomic mass is 32.2. The molecule has 1 unspecified atom stereocenters. The third kappa shape index (κ3) is 6.98. The fourth-order valence-electron chi connectivity index (χ4n) is 1.18. The van der Waals surface area contributed by atoms with Gasteiger partial charge in [0.05, 0.1) is 5.75 Å². The Balaban J connectivity index is 4.10. The number of nitrogens with two attached hydrogens (primary N) is 1. The van der Waals surface area contributed by atoms with Gasteiger partial charge in [0, 0.05) is 6.04 Å². The van der Waals surface area contributed by atoms with Gasteiger partial charge < -0.3 is 5.73 Å². The molecule has 13 heavy (non-hydrogen) atoms. The number of hydrogen-bond donors (Lipinski definition) is 2. The van der Waals surface area contributed by atoms with Crippen LogP contribution >= 0.6 is 0 Å². The van der Waals surface area contributed by atoms with E-state index in [0.717, 1.165) is 6.42 Å². The van der Waals surface area contributed by atoms with E-state index in [9.17, 15) is 8.42 Å². The molecule has 0 aromatic rings. The van der Waals surface area contributed by atoms with Crippen LogP contribution in [0.2, 0.25) is 0 Å². The molecule has 0 rings (SSSR count). The fourth-order valence-corrected chi connectivity index (χ4v) is 1.84. The van der Waals surface area contributed by atoms with Gasteiger partial charge in [0.1, 0.15) is 0 Å². The molecule has 0 aliphatic carbocycles. The Hall–Kier alpha value is -0.130. The van der Waals surface area contributed by atoms with Crippen molar-refractivity contribution in [2.45, 2.75) is 39.7 Å². The first kappa shape index (κ1) is 12.9. The minimum atomic E-state index is -3.93. The highest BCUT2D eigenvalue weighted by molar-refractivity contribution is 7.85. The minimum absolute atomic E-state index is 0.0319. The minimum Gasteiger partial charge on any atom is -0.327 e. The lowest BCUT2D eigenvalue weighted by atomic mass is 9.84. The third-order valence-electron chi connectivity index (χ3n) is 2.20. The maximum atomic E-state index is 10.5. The maximum Gasteiger partial charge on any atom is 0.266 e. The SMILES string of the molecule is CCC(C)(C)CC(N)CS(=O)(=O)O. The molecule has 0 spiro atoms. The smallest absolute Gasteiger partial charge is 0.266 e. The van der Waals surface area contributed by atoms with Gasteiger partial charge in [0.15, 0.2) is 0 Å². The van der Waals surface area contributed by atoms with Crippen molar-refractivity contribution in [1.82, 2.24) is 0 Å². The van der Waals surface area contributed by atoms with Crippen molar-refractivity contribution < 1.29 is 13.0 Å². The molecule has 5 heteroatoms. The van der Waals surface area contributed by atoms with Gasteiger partial charge in [-0.05, 0) is 11.8 Å². The summed E-state index contributed by atoms with van der Waals surface area (Å²) >= 11 is 0. The van der Waals surface area contributed by atoms with Crippen LogP contribution in [0.15, 0.2) is 0 Å². The lowest BCUT2D eigenvalue weighted by Crippen LogP contribution is -2.34. The normalized spacial score (nSPS) is 15.8. The van der Waals surface area contributed by atoms with Crippen LogP contribution in [-0.4, -0.2) is 24.8 Å². The molecule has 1 atom stereocenters. The van der Waals surface area contributed by atoms with Crippen molar-refractivity contribution >= 4 is 10.1 Å². The van der Waals surface area contributed by atoms with Gasteiger partial charge in [-0.3, -0.25) is 4.55 Å². The number of hydrogen-bond acceptors (Lipinski definition) is 3. The molecule has 0 bridgehead atoms. The van der Waals surface area contributed by atoms with E-state index in [-0.39, 0.29) is 11.2 Å². The molecule has 0 aromatic carbocycles. The van der Waals surface area contributed by atoms with Crippen molar-refractivity contribution in [2.24, 2.45) is 11.1 Å². The highest BCUT2D eigenvalue weighted by Gasteiger charge is 2.22. The van der Waals surface area contributed by atoms with Crippen LogP contribution in [0.4, 0.5) is 0 Å². The molecule has 0 saturated carbocycles. The molecule has 0 radical (unpaired) electrons. The summed E-state index contributed by atoms with van der Waals surface area (Å²) in [6.45, 7) is 6.08. The summed E-state index contributed by atoms with van der Waals surface area (Å²) in [6.07, 6.45) is 1.54. The predicted molar refractivity (Wildman–Crippen MR) is 53.1 cm³/mol. The summed E-state index contributed by atoms with van der Waals surface area (Å²) in [7, 11) is -3.93. The van der Waals surface area contributed by atoms with E-state index in [2.05, 4.69) is 0 Å². The van der Waals surface area contributed by atoms with Crippen LogP contribution in [0.5, 0.6) is 0 Å². The second-order valence-corrected chi connectivity index (χ2v) is 5.73. The monoisotopic (exact) mass is 209 g/mol. The molecule has 0 heterocycles. The first-order chi connectivity index (χ1) is 5.66. The second kappa shape index (κ2) is 4.39. The topological polar surface area (TPSA) is 80.4 Å². The molecule has 0 saturated heterocycles. The van der Waals surface area contributed by atoms with Gasteiger partial charge in [-0.15, -0.1) is 0 Å².